The maximum atomic E-state index is 12.7. The minimum atomic E-state index is -4.81. The summed E-state index contributed by atoms with van der Waals surface area (Å²) < 4.78 is 53.1. The van der Waals surface area contributed by atoms with E-state index < -0.39 is 11.7 Å². The van der Waals surface area contributed by atoms with Crippen LogP contribution >= 0.6 is 11.8 Å². The fourth-order valence-corrected chi connectivity index (χ4v) is 4.27. The van der Waals surface area contributed by atoms with E-state index in [1.54, 1.807) is 24.3 Å². The second-order valence-electron chi connectivity index (χ2n) is 5.92. The molecular formula is C19H18F3NO4S. The molecule has 9 heteroatoms. The third kappa shape index (κ3) is 4.30. The van der Waals surface area contributed by atoms with E-state index in [4.69, 9.17) is 9.47 Å². The molecule has 2 aromatic carbocycles. The number of methoxy groups -OCH3 is 2. The molecular weight excluding hydrogens is 395 g/mol. The normalized spacial score (nSPS) is 17.0. The maximum Gasteiger partial charge on any atom is 0.573 e. The predicted octanol–water partition coefficient (Wildman–Crippen LogP) is 4.38. The first-order valence-electron chi connectivity index (χ1n) is 8.29. The number of hydrogen-bond donors (Lipinski definition) is 0. The van der Waals surface area contributed by atoms with Crippen molar-refractivity contribution < 1.29 is 32.2 Å². The molecule has 28 heavy (non-hydrogen) atoms. The zero-order valence-electron chi connectivity index (χ0n) is 15.2. The number of benzene rings is 2. The largest absolute Gasteiger partial charge is 0.573 e. The fourth-order valence-electron chi connectivity index (χ4n) is 3.03. The summed E-state index contributed by atoms with van der Waals surface area (Å²) in [6.45, 7) is -0.0377. The molecule has 150 valence electrons. The van der Waals surface area contributed by atoms with E-state index >= 15 is 0 Å². The van der Waals surface area contributed by atoms with Crippen LogP contribution in [-0.4, -0.2) is 37.1 Å². The highest BCUT2D eigenvalue weighted by Crippen LogP contribution is 2.47. The lowest BCUT2D eigenvalue weighted by Gasteiger charge is -2.27. The van der Waals surface area contributed by atoms with Crippen LogP contribution in [0.4, 0.5) is 13.2 Å². The zero-order chi connectivity index (χ0) is 20.3. The molecule has 2 aromatic rings. The summed E-state index contributed by atoms with van der Waals surface area (Å²) in [5.74, 6) is 0.761. The van der Waals surface area contributed by atoms with E-state index in [0.29, 0.717) is 17.1 Å². The van der Waals surface area contributed by atoms with Crippen LogP contribution in [0, 0.1) is 0 Å². The Morgan fingerprint density at radius 2 is 1.64 bits per heavy atom. The first-order valence-corrected chi connectivity index (χ1v) is 9.34. The van der Waals surface area contributed by atoms with Gasteiger partial charge in [-0.25, -0.2) is 0 Å². The number of hydrogen-bond acceptors (Lipinski definition) is 5. The van der Waals surface area contributed by atoms with Crippen molar-refractivity contribution in [2.24, 2.45) is 0 Å². The van der Waals surface area contributed by atoms with Crippen molar-refractivity contribution in [1.82, 2.24) is 4.90 Å². The summed E-state index contributed by atoms with van der Waals surface area (Å²) in [6, 6.07) is 11.1. The van der Waals surface area contributed by atoms with Crippen molar-refractivity contribution in [2.45, 2.75) is 18.3 Å². The zero-order valence-corrected chi connectivity index (χ0v) is 16.0. The van der Waals surface area contributed by atoms with Crippen LogP contribution in [0.2, 0.25) is 0 Å². The highest BCUT2D eigenvalue weighted by molar-refractivity contribution is 8.00. The molecule has 0 aliphatic carbocycles. The van der Waals surface area contributed by atoms with E-state index in [2.05, 4.69) is 4.74 Å². The summed E-state index contributed by atoms with van der Waals surface area (Å²) in [4.78, 5) is 14.0. The Kier molecular flexibility index (Phi) is 5.93. The van der Waals surface area contributed by atoms with Gasteiger partial charge >= 0.3 is 6.36 Å². The lowest BCUT2D eigenvalue weighted by atomic mass is 10.1. The van der Waals surface area contributed by atoms with E-state index in [9.17, 15) is 18.0 Å². The van der Waals surface area contributed by atoms with Gasteiger partial charge in [0.1, 0.15) is 22.6 Å². The molecule has 0 spiro atoms. The smallest absolute Gasteiger partial charge is 0.496 e. The van der Waals surface area contributed by atoms with Crippen molar-refractivity contribution in [2.75, 3.05) is 20.0 Å². The predicted molar refractivity (Wildman–Crippen MR) is 98.4 cm³/mol. The van der Waals surface area contributed by atoms with Crippen molar-refractivity contribution in [1.29, 1.82) is 0 Å². The Morgan fingerprint density at radius 1 is 1.04 bits per heavy atom. The number of halogens is 3. The van der Waals surface area contributed by atoms with E-state index in [-0.39, 0.29) is 29.5 Å². The van der Waals surface area contributed by atoms with Gasteiger partial charge in [-0.05, 0) is 18.2 Å². The lowest BCUT2D eigenvalue weighted by molar-refractivity contribution is -0.275. The minimum absolute atomic E-state index is 0.0377. The number of carbonyl (C=O) groups excluding carboxylic acids is 1. The third-order valence-electron chi connectivity index (χ3n) is 4.22. The fraction of sp³-hybridized carbons (Fsp3) is 0.316. The molecule has 1 saturated heterocycles. The Labute approximate surface area is 164 Å². The summed E-state index contributed by atoms with van der Waals surface area (Å²) >= 11 is 1.36. The number of ether oxygens (including phenoxy) is 3. The van der Waals surface area contributed by atoms with E-state index in [1.165, 1.54) is 49.1 Å². The van der Waals surface area contributed by atoms with Gasteiger partial charge in [-0.1, -0.05) is 24.3 Å². The molecule has 3 rings (SSSR count). The van der Waals surface area contributed by atoms with Crippen LogP contribution < -0.4 is 14.2 Å². The van der Waals surface area contributed by atoms with Crippen molar-refractivity contribution in [3.05, 3.63) is 53.6 Å². The molecule has 0 saturated carbocycles. The summed E-state index contributed by atoms with van der Waals surface area (Å²) in [5.41, 5.74) is 0.923. The molecule has 1 aliphatic rings. The molecule has 1 fully saturated rings. The Bertz CT molecular complexity index is 837. The number of rotatable bonds is 6. The third-order valence-corrected chi connectivity index (χ3v) is 5.44. The quantitative estimate of drug-likeness (QED) is 0.704. The van der Waals surface area contributed by atoms with Gasteiger partial charge in [0, 0.05) is 5.56 Å². The monoisotopic (exact) mass is 413 g/mol. The van der Waals surface area contributed by atoms with Crippen molar-refractivity contribution in [3.8, 4) is 17.2 Å². The van der Waals surface area contributed by atoms with Gasteiger partial charge in [0.05, 0.1) is 32.1 Å². The minimum Gasteiger partial charge on any atom is -0.496 e. The van der Waals surface area contributed by atoms with Gasteiger partial charge in [-0.2, -0.15) is 0 Å². The second-order valence-corrected chi connectivity index (χ2v) is 6.99. The van der Waals surface area contributed by atoms with Crippen molar-refractivity contribution in [3.63, 3.8) is 0 Å². The van der Waals surface area contributed by atoms with E-state index in [0.717, 1.165) is 0 Å². The van der Waals surface area contributed by atoms with Gasteiger partial charge in [0.2, 0.25) is 5.91 Å². The average molecular weight is 413 g/mol. The van der Waals surface area contributed by atoms with Crippen LogP contribution in [0.3, 0.4) is 0 Å². The molecule has 0 bridgehead atoms. The molecule has 5 nitrogen and oxygen atoms in total. The summed E-state index contributed by atoms with van der Waals surface area (Å²) in [6.07, 6.45) is -4.81. The van der Waals surface area contributed by atoms with Crippen LogP contribution in [0.1, 0.15) is 16.5 Å². The molecule has 1 atom stereocenters. The highest BCUT2D eigenvalue weighted by atomic mass is 32.2. The number of thioether (sulfide) groups is 1. The second kappa shape index (κ2) is 8.22. The van der Waals surface area contributed by atoms with Crippen LogP contribution in [-0.2, 0) is 11.3 Å². The summed E-state index contributed by atoms with van der Waals surface area (Å²) in [5, 5.41) is -0.461. The number of alkyl halides is 3. The van der Waals surface area contributed by atoms with Gasteiger partial charge < -0.3 is 19.1 Å². The Morgan fingerprint density at radius 3 is 2.25 bits per heavy atom. The molecule has 0 radical (unpaired) electrons. The highest BCUT2D eigenvalue weighted by Gasteiger charge is 2.38. The molecule has 1 unspecified atom stereocenters. The maximum absolute atomic E-state index is 12.7. The SMILES string of the molecule is COc1cccc(OC)c1C1SCC(=O)N1Cc1ccccc1OC(F)(F)F. The average Bonchev–Trinajstić information content (AvgIpc) is 3.01. The van der Waals surface area contributed by atoms with Crippen molar-refractivity contribution >= 4 is 17.7 Å². The first kappa shape index (κ1) is 20.2. The standard InChI is InChI=1S/C19H18F3NO4S/c1-25-14-8-5-9-15(26-2)17(14)18-23(16(24)11-28-18)10-12-6-3-4-7-13(12)27-19(20,21)22/h3-9,18H,10-11H2,1-2H3. The van der Waals surface area contributed by atoms with Gasteiger partial charge in [-0.15, -0.1) is 24.9 Å². The first-order chi connectivity index (χ1) is 13.3. The molecule has 1 aliphatic heterocycles. The molecule has 1 amide bonds. The molecule has 0 aromatic heterocycles. The summed E-state index contributed by atoms with van der Waals surface area (Å²) in [7, 11) is 3.02. The van der Waals surface area contributed by atoms with Gasteiger partial charge in [0.15, 0.2) is 0 Å². The van der Waals surface area contributed by atoms with E-state index in [1.807, 2.05) is 0 Å². The Balaban J connectivity index is 1.96. The van der Waals surface area contributed by atoms with Crippen LogP contribution in [0.15, 0.2) is 42.5 Å². The number of nitrogens with zero attached hydrogens (tertiary/aromatic N) is 1. The lowest BCUT2D eigenvalue weighted by Crippen LogP contribution is -2.29. The molecule has 0 N–H and O–H groups in total. The Hall–Kier alpha value is -2.55. The number of para-hydroxylation sites is 1. The number of amides is 1. The molecule has 1 heterocycles. The van der Waals surface area contributed by atoms with Crippen LogP contribution in [0.25, 0.3) is 0 Å². The van der Waals surface area contributed by atoms with Gasteiger partial charge in [-0.3, -0.25) is 4.79 Å². The van der Waals surface area contributed by atoms with Gasteiger partial charge in [0.25, 0.3) is 0 Å². The topological polar surface area (TPSA) is 48.0 Å². The van der Waals surface area contributed by atoms with Crippen LogP contribution in [0.5, 0.6) is 17.2 Å². The number of carbonyl (C=O) groups is 1.